The molecule has 4 nitrogen and oxygen atoms in total. The summed E-state index contributed by atoms with van der Waals surface area (Å²) in [5.41, 5.74) is 0.936. The zero-order valence-electron chi connectivity index (χ0n) is 10.4. The van der Waals surface area contributed by atoms with E-state index in [9.17, 15) is 4.79 Å². The van der Waals surface area contributed by atoms with Crippen LogP contribution in [0.2, 0.25) is 5.02 Å². The minimum absolute atomic E-state index is 0.204. The van der Waals surface area contributed by atoms with Crippen LogP contribution >= 0.6 is 46.4 Å². The first kappa shape index (κ1) is 16.5. The summed E-state index contributed by atoms with van der Waals surface area (Å²) in [4.78, 5) is 11.7. The van der Waals surface area contributed by atoms with Gasteiger partial charge in [-0.1, -0.05) is 46.4 Å². The second-order valence-corrected chi connectivity index (χ2v) is 6.76. The van der Waals surface area contributed by atoms with E-state index in [4.69, 9.17) is 55.9 Å². The van der Waals surface area contributed by atoms with Gasteiger partial charge in [-0.2, -0.15) is 0 Å². The fraction of sp³-hybridized carbons (Fsp3) is 0.154. The van der Waals surface area contributed by atoms with Gasteiger partial charge in [-0.05, 0) is 30.3 Å². The summed E-state index contributed by atoms with van der Waals surface area (Å²) in [5.74, 6) is 0.119. The lowest BCUT2D eigenvalue weighted by Gasteiger charge is -2.13. The Labute approximate surface area is 140 Å². The van der Waals surface area contributed by atoms with Gasteiger partial charge in [-0.3, -0.25) is 4.79 Å². The monoisotopic (exact) mass is 367 g/mol. The van der Waals surface area contributed by atoms with Gasteiger partial charge in [0.05, 0.1) is 10.7 Å². The van der Waals surface area contributed by atoms with E-state index in [-0.39, 0.29) is 17.3 Å². The molecular formula is C13H9Cl4NO3. The molecule has 0 aliphatic rings. The predicted octanol–water partition coefficient (Wildman–Crippen LogP) is 4.40. The Balaban J connectivity index is 2.31. The van der Waals surface area contributed by atoms with E-state index in [1.165, 1.54) is 0 Å². The first-order chi connectivity index (χ1) is 9.81. The Bertz CT molecular complexity index is 664. The van der Waals surface area contributed by atoms with Crippen molar-refractivity contribution in [3.05, 3.63) is 41.1 Å². The zero-order valence-corrected chi connectivity index (χ0v) is 13.4. The quantitative estimate of drug-likeness (QED) is 0.789. The highest BCUT2D eigenvalue weighted by Gasteiger charge is 2.31. The molecule has 0 atom stereocenters. The highest BCUT2D eigenvalue weighted by atomic mass is 35.6. The van der Waals surface area contributed by atoms with Crippen molar-refractivity contribution in [2.75, 3.05) is 5.32 Å². The van der Waals surface area contributed by atoms with Crippen LogP contribution < -0.4 is 5.32 Å². The first-order valence-corrected chi connectivity index (χ1v) is 7.20. The van der Waals surface area contributed by atoms with E-state index in [0.717, 1.165) is 0 Å². The third-order valence-electron chi connectivity index (χ3n) is 2.57. The number of carbonyl (C=O) groups excluding carboxylic acids is 1. The van der Waals surface area contributed by atoms with Crippen molar-refractivity contribution in [1.29, 1.82) is 0 Å². The molecular weight excluding hydrogens is 360 g/mol. The second-order valence-electron chi connectivity index (χ2n) is 4.07. The van der Waals surface area contributed by atoms with Crippen LogP contribution in [0.15, 0.2) is 34.7 Å². The van der Waals surface area contributed by atoms with Gasteiger partial charge < -0.3 is 14.8 Å². The topological polar surface area (TPSA) is 62.5 Å². The van der Waals surface area contributed by atoms with Crippen LogP contribution in [0.5, 0.6) is 0 Å². The number of nitrogens with one attached hydrogen (secondary N) is 1. The van der Waals surface area contributed by atoms with Crippen LogP contribution in [0.1, 0.15) is 5.76 Å². The maximum absolute atomic E-state index is 11.7. The molecule has 0 fully saturated rings. The Hall–Kier alpha value is -0.910. The average Bonchev–Trinajstić information content (AvgIpc) is 2.89. The summed E-state index contributed by atoms with van der Waals surface area (Å²) >= 11 is 22.5. The molecule has 1 aromatic heterocycles. The van der Waals surface area contributed by atoms with Gasteiger partial charge in [0.15, 0.2) is 0 Å². The van der Waals surface area contributed by atoms with Gasteiger partial charge in [0.1, 0.15) is 18.1 Å². The molecule has 1 heterocycles. The minimum Gasteiger partial charge on any atom is -0.459 e. The van der Waals surface area contributed by atoms with Crippen molar-refractivity contribution in [3.63, 3.8) is 0 Å². The van der Waals surface area contributed by atoms with Crippen LogP contribution in [0.4, 0.5) is 5.69 Å². The smallest absolute Gasteiger partial charge is 0.276 e. The maximum Gasteiger partial charge on any atom is 0.276 e. The number of aliphatic hydroxyl groups excluding tert-OH is 1. The minimum atomic E-state index is -2.09. The van der Waals surface area contributed by atoms with Crippen LogP contribution in [0, 0.1) is 0 Å². The van der Waals surface area contributed by atoms with Crippen LogP contribution in [-0.4, -0.2) is 14.8 Å². The Kier molecular flexibility index (Phi) is 5.07. The van der Waals surface area contributed by atoms with E-state index in [0.29, 0.717) is 17.1 Å². The zero-order chi connectivity index (χ0) is 15.6. The SMILES string of the molecule is O=C(Nc1cc(-c2ccc(CO)o2)ccc1Cl)C(Cl)(Cl)Cl. The normalized spacial score (nSPS) is 11.5. The Morgan fingerprint density at radius 2 is 1.95 bits per heavy atom. The van der Waals surface area contributed by atoms with Crippen LogP contribution in [0.3, 0.4) is 0 Å². The summed E-state index contributed by atoms with van der Waals surface area (Å²) in [6, 6.07) is 8.19. The first-order valence-electron chi connectivity index (χ1n) is 5.69. The van der Waals surface area contributed by atoms with Gasteiger partial charge >= 0.3 is 0 Å². The fourth-order valence-electron chi connectivity index (χ4n) is 1.59. The molecule has 0 aliphatic heterocycles. The number of alkyl halides is 3. The van der Waals surface area contributed by atoms with Gasteiger partial charge in [-0.15, -0.1) is 0 Å². The number of hydrogen-bond acceptors (Lipinski definition) is 3. The predicted molar refractivity (Wildman–Crippen MR) is 84.0 cm³/mol. The molecule has 2 N–H and O–H groups in total. The lowest BCUT2D eigenvalue weighted by molar-refractivity contribution is -0.115. The van der Waals surface area contributed by atoms with Crippen molar-refractivity contribution in [2.45, 2.75) is 10.4 Å². The highest BCUT2D eigenvalue weighted by molar-refractivity contribution is 6.76. The van der Waals surface area contributed by atoms with Gasteiger partial charge in [0, 0.05) is 5.56 Å². The molecule has 1 aromatic carbocycles. The number of anilines is 1. The van der Waals surface area contributed by atoms with Crippen LogP contribution in [0.25, 0.3) is 11.3 Å². The van der Waals surface area contributed by atoms with Crippen molar-refractivity contribution in [3.8, 4) is 11.3 Å². The molecule has 21 heavy (non-hydrogen) atoms. The fourth-order valence-corrected chi connectivity index (χ4v) is 1.89. The van der Waals surface area contributed by atoms with Gasteiger partial charge in [0.25, 0.3) is 9.70 Å². The molecule has 2 aromatic rings. The number of benzene rings is 1. The molecule has 1 amide bonds. The van der Waals surface area contributed by atoms with E-state index >= 15 is 0 Å². The summed E-state index contributed by atoms with van der Waals surface area (Å²) in [7, 11) is 0. The van der Waals surface area contributed by atoms with Gasteiger partial charge in [0.2, 0.25) is 0 Å². The summed E-state index contributed by atoms with van der Waals surface area (Å²) in [5, 5.41) is 11.7. The maximum atomic E-state index is 11.7. The molecule has 0 saturated heterocycles. The lowest BCUT2D eigenvalue weighted by atomic mass is 10.1. The number of rotatable bonds is 3. The summed E-state index contributed by atoms with van der Waals surface area (Å²) in [6.07, 6.45) is 0. The molecule has 8 heteroatoms. The molecule has 0 unspecified atom stereocenters. The highest BCUT2D eigenvalue weighted by Crippen LogP contribution is 2.33. The number of halogens is 4. The second kappa shape index (κ2) is 6.46. The molecule has 0 bridgehead atoms. The summed E-state index contributed by atoms with van der Waals surface area (Å²) < 4.78 is 3.31. The number of furan rings is 1. The van der Waals surface area contributed by atoms with Crippen molar-refractivity contribution >= 4 is 58.0 Å². The largest absolute Gasteiger partial charge is 0.459 e. The molecule has 0 spiro atoms. The van der Waals surface area contributed by atoms with Crippen molar-refractivity contribution in [1.82, 2.24) is 0 Å². The molecule has 0 aliphatic carbocycles. The molecule has 0 radical (unpaired) electrons. The van der Waals surface area contributed by atoms with E-state index < -0.39 is 9.70 Å². The van der Waals surface area contributed by atoms with Crippen molar-refractivity contribution in [2.24, 2.45) is 0 Å². The standard InChI is InChI=1S/C13H9Cl4NO3/c14-9-3-1-7(11-4-2-8(6-19)21-11)5-10(9)18-12(20)13(15,16)17/h1-5,19H,6H2,(H,18,20). The van der Waals surface area contributed by atoms with Crippen molar-refractivity contribution < 1.29 is 14.3 Å². The third-order valence-corrected chi connectivity index (χ3v) is 3.42. The molecule has 0 saturated carbocycles. The van der Waals surface area contributed by atoms with E-state index in [1.54, 1.807) is 30.3 Å². The summed E-state index contributed by atoms with van der Waals surface area (Å²) in [6.45, 7) is -0.204. The Morgan fingerprint density at radius 3 is 2.52 bits per heavy atom. The number of amides is 1. The van der Waals surface area contributed by atoms with E-state index in [2.05, 4.69) is 5.32 Å². The van der Waals surface area contributed by atoms with E-state index in [1.807, 2.05) is 0 Å². The third kappa shape index (κ3) is 4.05. The molecule has 112 valence electrons. The Morgan fingerprint density at radius 1 is 1.24 bits per heavy atom. The number of hydrogen-bond donors (Lipinski definition) is 2. The number of aliphatic hydroxyl groups is 1. The molecule has 2 rings (SSSR count). The number of carbonyl (C=O) groups is 1. The van der Waals surface area contributed by atoms with Crippen LogP contribution in [-0.2, 0) is 11.4 Å². The van der Waals surface area contributed by atoms with Gasteiger partial charge in [-0.25, -0.2) is 0 Å². The lowest BCUT2D eigenvalue weighted by Crippen LogP contribution is -2.27. The average molecular weight is 369 g/mol.